The lowest BCUT2D eigenvalue weighted by Gasteiger charge is -2.19. The molecule has 6 heteroatoms. The van der Waals surface area contributed by atoms with Gasteiger partial charge >= 0.3 is 0 Å². The summed E-state index contributed by atoms with van der Waals surface area (Å²) < 4.78 is 1.93. The second-order valence-electron chi connectivity index (χ2n) is 6.45. The Morgan fingerprint density at radius 1 is 1.22 bits per heavy atom. The molecule has 1 aromatic carbocycles. The standard InChI is InChI=1S/C17H21N5S/c1-17(2,3)22-16-14(9-20-22)15(18-11-19-16)21-13-7-5-6-12(8-13)10-23-4/h5-9,11H,10H2,1-4H3,(H,18,19,21). The van der Waals surface area contributed by atoms with Gasteiger partial charge in [0, 0.05) is 11.4 Å². The zero-order valence-electron chi connectivity index (χ0n) is 13.9. The minimum atomic E-state index is -0.119. The highest BCUT2D eigenvalue weighted by molar-refractivity contribution is 7.97. The topological polar surface area (TPSA) is 55.6 Å². The predicted molar refractivity (Wildman–Crippen MR) is 97.3 cm³/mol. The number of thioether (sulfide) groups is 1. The summed E-state index contributed by atoms with van der Waals surface area (Å²) in [6, 6.07) is 8.39. The smallest absolute Gasteiger partial charge is 0.163 e. The number of rotatable bonds is 4. The average Bonchev–Trinajstić information content (AvgIpc) is 2.93. The number of hydrogen-bond acceptors (Lipinski definition) is 5. The number of benzene rings is 1. The van der Waals surface area contributed by atoms with E-state index in [1.807, 2.05) is 28.7 Å². The molecule has 0 aliphatic heterocycles. The first kappa shape index (κ1) is 15.8. The molecule has 0 aliphatic carbocycles. The minimum absolute atomic E-state index is 0.119. The van der Waals surface area contributed by atoms with Crippen molar-refractivity contribution in [3.63, 3.8) is 0 Å². The Balaban J connectivity index is 1.98. The van der Waals surface area contributed by atoms with Gasteiger partial charge in [-0.3, -0.25) is 0 Å². The summed E-state index contributed by atoms with van der Waals surface area (Å²) in [6.07, 6.45) is 5.52. The summed E-state index contributed by atoms with van der Waals surface area (Å²) in [5, 5.41) is 8.81. The molecular weight excluding hydrogens is 306 g/mol. The van der Waals surface area contributed by atoms with Crippen molar-refractivity contribution in [1.29, 1.82) is 0 Å². The van der Waals surface area contributed by atoms with Crippen LogP contribution in [0.5, 0.6) is 0 Å². The zero-order chi connectivity index (χ0) is 16.4. The molecule has 120 valence electrons. The van der Waals surface area contributed by atoms with Crippen molar-refractivity contribution >= 4 is 34.3 Å². The fraction of sp³-hybridized carbons (Fsp3) is 0.353. The molecule has 23 heavy (non-hydrogen) atoms. The lowest BCUT2D eigenvalue weighted by atomic mass is 10.1. The summed E-state index contributed by atoms with van der Waals surface area (Å²) in [5.74, 6) is 1.78. The molecule has 0 bridgehead atoms. The monoisotopic (exact) mass is 327 g/mol. The average molecular weight is 327 g/mol. The van der Waals surface area contributed by atoms with E-state index in [1.54, 1.807) is 6.33 Å². The van der Waals surface area contributed by atoms with Crippen molar-refractivity contribution in [2.24, 2.45) is 0 Å². The summed E-state index contributed by atoms with van der Waals surface area (Å²) >= 11 is 1.81. The van der Waals surface area contributed by atoms with Crippen LogP contribution >= 0.6 is 11.8 Å². The Morgan fingerprint density at radius 2 is 2.04 bits per heavy atom. The van der Waals surface area contributed by atoms with Crippen LogP contribution in [0.1, 0.15) is 26.3 Å². The van der Waals surface area contributed by atoms with E-state index in [2.05, 4.69) is 65.6 Å². The van der Waals surface area contributed by atoms with E-state index >= 15 is 0 Å². The van der Waals surface area contributed by atoms with Crippen LogP contribution in [0.2, 0.25) is 0 Å². The summed E-state index contributed by atoms with van der Waals surface area (Å²) in [5.41, 5.74) is 3.04. The highest BCUT2D eigenvalue weighted by Crippen LogP contribution is 2.26. The molecule has 2 heterocycles. The third kappa shape index (κ3) is 3.32. The van der Waals surface area contributed by atoms with Crippen LogP contribution in [0, 0.1) is 0 Å². The number of aromatic nitrogens is 4. The van der Waals surface area contributed by atoms with Crippen LogP contribution in [0.3, 0.4) is 0 Å². The van der Waals surface area contributed by atoms with Gasteiger partial charge in [-0.05, 0) is 44.7 Å². The van der Waals surface area contributed by atoms with Gasteiger partial charge in [0.15, 0.2) is 5.65 Å². The van der Waals surface area contributed by atoms with Crippen molar-refractivity contribution < 1.29 is 0 Å². The fourth-order valence-corrected chi connectivity index (χ4v) is 2.99. The molecule has 3 rings (SSSR count). The van der Waals surface area contributed by atoms with Gasteiger partial charge in [-0.2, -0.15) is 16.9 Å². The molecule has 0 atom stereocenters. The van der Waals surface area contributed by atoms with Gasteiger partial charge in [0.2, 0.25) is 0 Å². The van der Waals surface area contributed by atoms with Crippen LogP contribution in [0.25, 0.3) is 11.0 Å². The summed E-state index contributed by atoms with van der Waals surface area (Å²) in [7, 11) is 0. The van der Waals surface area contributed by atoms with Gasteiger partial charge < -0.3 is 5.32 Å². The number of anilines is 2. The normalized spacial score (nSPS) is 11.8. The van der Waals surface area contributed by atoms with E-state index in [-0.39, 0.29) is 5.54 Å². The number of nitrogens with one attached hydrogen (secondary N) is 1. The van der Waals surface area contributed by atoms with E-state index in [4.69, 9.17) is 0 Å². The first-order valence-corrected chi connectivity index (χ1v) is 8.92. The van der Waals surface area contributed by atoms with E-state index in [0.717, 1.165) is 28.3 Å². The van der Waals surface area contributed by atoms with Crippen molar-refractivity contribution in [1.82, 2.24) is 19.7 Å². The van der Waals surface area contributed by atoms with Gasteiger partial charge in [-0.25, -0.2) is 14.6 Å². The summed E-state index contributed by atoms with van der Waals surface area (Å²) in [6.45, 7) is 6.33. The molecule has 0 saturated heterocycles. The van der Waals surface area contributed by atoms with Gasteiger partial charge in [0.05, 0.1) is 17.1 Å². The molecule has 2 aromatic heterocycles. The lowest BCUT2D eigenvalue weighted by Crippen LogP contribution is -2.23. The van der Waals surface area contributed by atoms with Gasteiger partial charge in [0.1, 0.15) is 12.1 Å². The van der Waals surface area contributed by atoms with Crippen molar-refractivity contribution in [3.05, 3.63) is 42.4 Å². The van der Waals surface area contributed by atoms with Crippen molar-refractivity contribution in [2.75, 3.05) is 11.6 Å². The van der Waals surface area contributed by atoms with Crippen molar-refractivity contribution in [2.45, 2.75) is 32.1 Å². The zero-order valence-corrected chi connectivity index (χ0v) is 14.7. The minimum Gasteiger partial charge on any atom is -0.340 e. The predicted octanol–water partition coefficient (Wildman–Crippen LogP) is 4.19. The van der Waals surface area contributed by atoms with Crippen LogP contribution in [-0.2, 0) is 11.3 Å². The second kappa shape index (κ2) is 6.20. The lowest BCUT2D eigenvalue weighted by molar-refractivity contribution is 0.366. The van der Waals surface area contributed by atoms with E-state index < -0.39 is 0 Å². The maximum Gasteiger partial charge on any atom is 0.163 e. The van der Waals surface area contributed by atoms with Gasteiger partial charge in [-0.1, -0.05) is 12.1 Å². The molecule has 5 nitrogen and oxygen atoms in total. The molecular formula is C17H21N5S. The number of hydrogen-bond donors (Lipinski definition) is 1. The Morgan fingerprint density at radius 3 is 2.78 bits per heavy atom. The largest absolute Gasteiger partial charge is 0.340 e. The fourth-order valence-electron chi connectivity index (χ4n) is 2.48. The van der Waals surface area contributed by atoms with E-state index in [1.165, 1.54) is 5.56 Å². The van der Waals surface area contributed by atoms with E-state index in [0.29, 0.717) is 0 Å². The first-order valence-electron chi connectivity index (χ1n) is 7.53. The number of nitrogens with zero attached hydrogens (tertiary/aromatic N) is 4. The highest BCUT2D eigenvalue weighted by atomic mass is 32.2. The van der Waals surface area contributed by atoms with Crippen LogP contribution in [-0.4, -0.2) is 26.0 Å². The Kier molecular flexibility index (Phi) is 4.26. The Hall–Kier alpha value is -2.08. The first-order chi connectivity index (χ1) is 11.0. The molecule has 0 unspecified atom stereocenters. The molecule has 1 N–H and O–H groups in total. The quantitative estimate of drug-likeness (QED) is 0.779. The third-order valence-corrected chi connectivity index (χ3v) is 4.12. The molecule has 0 fully saturated rings. The van der Waals surface area contributed by atoms with Crippen LogP contribution in [0.15, 0.2) is 36.8 Å². The van der Waals surface area contributed by atoms with Crippen molar-refractivity contribution in [3.8, 4) is 0 Å². The third-order valence-electron chi connectivity index (χ3n) is 3.50. The molecule has 3 aromatic rings. The van der Waals surface area contributed by atoms with E-state index in [9.17, 15) is 0 Å². The Labute approximate surface area is 140 Å². The maximum absolute atomic E-state index is 4.49. The number of fused-ring (bicyclic) bond motifs is 1. The van der Waals surface area contributed by atoms with Gasteiger partial charge in [-0.15, -0.1) is 0 Å². The highest BCUT2D eigenvalue weighted by Gasteiger charge is 2.19. The van der Waals surface area contributed by atoms with Crippen LogP contribution < -0.4 is 5.32 Å². The summed E-state index contributed by atoms with van der Waals surface area (Å²) in [4.78, 5) is 8.80. The molecule has 0 saturated carbocycles. The second-order valence-corrected chi connectivity index (χ2v) is 7.31. The maximum atomic E-state index is 4.49. The van der Waals surface area contributed by atoms with Crippen LogP contribution in [0.4, 0.5) is 11.5 Å². The molecule has 0 amide bonds. The molecule has 0 radical (unpaired) electrons. The Bertz CT molecular complexity index is 819. The molecule has 0 aliphatic rings. The van der Waals surface area contributed by atoms with Gasteiger partial charge in [0.25, 0.3) is 0 Å². The SMILES string of the molecule is CSCc1cccc(Nc2ncnc3c2cnn3C(C)(C)C)c1. The molecule has 0 spiro atoms.